The summed E-state index contributed by atoms with van der Waals surface area (Å²) < 4.78 is 5.50. The van der Waals surface area contributed by atoms with E-state index in [0.29, 0.717) is 19.3 Å². The van der Waals surface area contributed by atoms with Gasteiger partial charge in [0.05, 0.1) is 6.10 Å². The van der Waals surface area contributed by atoms with Gasteiger partial charge in [-0.2, -0.15) is 0 Å². The van der Waals surface area contributed by atoms with Gasteiger partial charge in [-0.05, 0) is 25.7 Å². The molecule has 1 rings (SSSR count). The lowest BCUT2D eigenvalue weighted by molar-refractivity contribution is -0.149. The van der Waals surface area contributed by atoms with E-state index < -0.39 is 6.10 Å². The number of rotatable bonds is 6. The van der Waals surface area contributed by atoms with Crippen molar-refractivity contribution >= 4 is 5.97 Å². The fourth-order valence-electron chi connectivity index (χ4n) is 2.38. The van der Waals surface area contributed by atoms with Crippen LogP contribution in [0.5, 0.6) is 0 Å². The van der Waals surface area contributed by atoms with Crippen molar-refractivity contribution < 1.29 is 14.6 Å². The Morgan fingerprint density at radius 3 is 2.89 bits per heavy atom. The van der Waals surface area contributed by atoms with Crippen molar-refractivity contribution in [3.8, 4) is 0 Å². The van der Waals surface area contributed by atoms with E-state index in [1.165, 1.54) is 25.7 Å². The molecule has 19 heavy (non-hydrogen) atoms. The number of unbranched alkanes of at least 4 members (excludes halogenated alkanes) is 4. The van der Waals surface area contributed by atoms with Crippen LogP contribution in [-0.4, -0.2) is 23.3 Å². The first kappa shape index (κ1) is 16.2. The maximum absolute atomic E-state index is 11.6. The number of ether oxygens (including phenoxy) is 1. The Labute approximate surface area is 117 Å². The summed E-state index contributed by atoms with van der Waals surface area (Å²) in [6.45, 7) is 2.21. The number of carbonyl (C=O) groups is 1. The Bertz CT molecular complexity index is 273. The van der Waals surface area contributed by atoms with Gasteiger partial charge in [-0.15, -0.1) is 0 Å². The minimum Gasteiger partial charge on any atom is -0.462 e. The summed E-state index contributed by atoms with van der Waals surface area (Å²) in [5.41, 5.74) is 0. The molecule has 0 aromatic heterocycles. The van der Waals surface area contributed by atoms with Gasteiger partial charge in [0, 0.05) is 12.8 Å². The number of aliphatic hydroxyl groups excluding tert-OH is 1. The number of cyclic esters (lactones) is 1. The molecule has 0 bridgehead atoms. The van der Waals surface area contributed by atoms with Crippen LogP contribution < -0.4 is 0 Å². The van der Waals surface area contributed by atoms with Crippen LogP contribution in [0.3, 0.4) is 0 Å². The summed E-state index contributed by atoms with van der Waals surface area (Å²) in [7, 11) is 0. The van der Waals surface area contributed by atoms with Crippen molar-refractivity contribution in [1.82, 2.24) is 0 Å². The Kier molecular flexibility index (Phi) is 8.55. The molecule has 2 atom stereocenters. The third-order valence-corrected chi connectivity index (χ3v) is 3.57. The molecule has 1 aliphatic heterocycles. The van der Waals surface area contributed by atoms with E-state index in [0.717, 1.165) is 19.3 Å². The molecule has 3 heteroatoms. The molecular weight excluding hydrogens is 240 g/mol. The van der Waals surface area contributed by atoms with Gasteiger partial charge in [0.2, 0.25) is 0 Å². The summed E-state index contributed by atoms with van der Waals surface area (Å²) in [6.07, 6.45) is 13.0. The van der Waals surface area contributed by atoms with Gasteiger partial charge >= 0.3 is 5.97 Å². The first-order valence-corrected chi connectivity index (χ1v) is 7.76. The van der Waals surface area contributed by atoms with Gasteiger partial charge in [0.1, 0.15) is 6.10 Å². The van der Waals surface area contributed by atoms with E-state index in [9.17, 15) is 9.90 Å². The van der Waals surface area contributed by atoms with Crippen LogP contribution in [-0.2, 0) is 9.53 Å². The zero-order chi connectivity index (χ0) is 13.9. The molecule has 0 amide bonds. The lowest BCUT2D eigenvalue weighted by Gasteiger charge is -2.18. The maximum atomic E-state index is 11.6. The molecule has 0 aliphatic carbocycles. The third-order valence-electron chi connectivity index (χ3n) is 3.57. The number of esters is 1. The van der Waals surface area contributed by atoms with Gasteiger partial charge in [-0.25, -0.2) is 0 Å². The summed E-state index contributed by atoms with van der Waals surface area (Å²) in [6, 6.07) is 0. The van der Waals surface area contributed by atoms with Gasteiger partial charge in [-0.3, -0.25) is 4.79 Å². The van der Waals surface area contributed by atoms with Crippen molar-refractivity contribution in [3.05, 3.63) is 12.2 Å². The summed E-state index contributed by atoms with van der Waals surface area (Å²) >= 11 is 0. The lowest BCUT2D eigenvalue weighted by atomic mass is 10.0. The topological polar surface area (TPSA) is 46.5 Å². The quantitative estimate of drug-likeness (QED) is 0.453. The van der Waals surface area contributed by atoms with Gasteiger partial charge in [0.15, 0.2) is 0 Å². The van der Waals surface area contributed by atoms with Crippen molar-refractivity contribution in [2.45, 2.75) is 83.3 Å². The largest absolute Gasteiger partial charge is 0.462 e. The predicted octanol–water partition coefficient (Wildman–Crippen LogP) is 3.75. The van der Waals surface area contributed by atoms with Crippen molar-refractivity contribution in [1.29, 1.82) is 0 Å². The first-order valence-electron chi connectivity index (χ1n) is 7.76. The Morgan fingerprint density at radius 1 is 1.32 bits per heavy atom. The van der Waals surface area contributed by atoms with Crippen molar-refractivity contribution in [3.63, 3.8) is 0 Å². The molecule has 0 unspecified atom stereocenters. The average Bonchev–Trinajstić information content (AvgIpc) is 2.37. The zero-order valence-corrected chi connectivity index (χ0v) is 12.1. The number of hydrogen-bond acceptors (Lipinski definition) is 3. The van der Waals surface area contributed by atoms with E-state index in [2.05, 4.69) is 6.92 Å². The summed E-state index contributed by atoms with van der Waals surface area (Å²) in [5, 5.41) is 9.64. The van der Waals surface area contributed by atoms with Crippen molar-refractivity contribution in [2.75, 3.05) is 0 Å². The zero-order valence-electron chi connectivity index (χ0n) is 12.1. The highest BCUT2D eigenvalue weighted by Gasteiger charge is 2.15. The van der Waals surface area contributed by atoms with E-state index >= 15 is 0 Å². The molecule has 3 nitrogen and oxygen atoms in total. The number of hydrogen-bond donors (Lipinski definition) is 1. The fraction of sp³-hybridized carbons (Fsp3) is 0.812. The second-order valence-electron chi connectivity index (χ2n) is 5.44. The Morgan fingerprint density at radius 2 is 2.11 bits per heavy atom. The van der Waals surface area contributed by atoms with Crippen LogP contribution in [0.4, 0.5) is 0 Å². The highest BCUT2D eigenvalue weighted by molar-refractivity contribution is 5.69. The standard InChI is InChI=1S/C16H28O3/c1-2-3-4-5-6-11-15-12-7-9-14(17)10-8-13-16(18)19-15/h7,9,14-15,17H,2-6,8,10-13H2,1H3/b9-7+/t14-,15-/m1/s1. The first-order chi connectivity index (χ1) is 9.22. The molecule has 0 saturated heterocycles. The molecule has 0 radical (unpaired) electrons. The maximum Gasteiger partial charge on any atom is 0.306 e. The number of carbonyl (C=O) groups excluding carboxylic acids is 1. The molecule has 1 aliphatic rings. The Balaban J connectivity index is 2.33. The van der Waals surface area contributed by atoms with E-state index in [-0.39, 0.29) is 12.1 Å². The van der Waals surface area contributed by atoms with Crippen LogP contribution in [0, 0.1) is 0 Å². The Hall–Kier alpha value is -0.830. The fourth-order valence-corrected chi connectivity index (χ4v) is 2.38. The number of aliphatic hydroxyl groups is 1. The lowest BCUT2D eigenvalue weighted by Crippen LogP contribution is -2.19. The SMILES string of the molecule is CCCCCCC[C@@H]1C/C=C/[C@@H](O)CCCC(=O)O1. The second-order valence-corrected chi connectivity index (χ2v) is 5.44. The van der Waals surface area contributed by atoms with Gasteiger partial charge in [0.25, 0.3) is 0 Å². The molecule has 110 valence electrons. The second kappa shape index (κ2) is 10.0. The molecule has 0 saturated carbocycles. The van der Waals surface area contributed by atoms with Gasteiger partial charge < -0.3 is 9.84 Å². The third kappa shape index (κ3) is 8.04. The van der Waals surface area contributed by atoms with Crippen LogP contribution in [0.15, 0.2) is 12.2 Å². The average molecular weight is 268 g/mol. The summed E-state index contributed by atoms with van der Waals surface area (Å²) in [5.74, 6) is -0.110. The highest BCUT2D eigenvalue weighted by atomic mass is 16.5. The van der Waals surface area contributed by atoms with E-state index in [1.807, 2.05) is 12.2 Å². The molecule has 0 aromatic rings. The van der Waals surface area contributed by atoms with E-state index in [4.69, 9.17) is 4.74 Å². The highest BCUT2D eigenvalue weighted by Crippen LogP contribution is 2.16. The van der Waals surface area contributed by atoms with Crippen LogP contribution >= 0.6 is 0 Å². The predicted molar refractivity (Wildman–Crippen MR) is 76.9 cm³/mol. The van der Waals surface area contributed by atoms with Gasteiger partial charge in [-0.1, -0.05) is 44.8 Å². The van der Waals surface area contributed by atoms with Crippen LogP contribution in [0.2, 0.25) is 0 Å². The normalized spacial score (nSPS) is 26.7. The van der Waals surface area contributed by atoms with Crippen molar-refractivity contribution in [2.24, 2.45) is 0 Å². The molecule has 0 fully saturated rings. The molecule has 0 spiro atoms. The molecule has 1 N–H and O–H groups in total. The monoisotopic (exact) mass is 268 g/mol. The minimum absolute atomic E-state index is 0.00400. The molecule has 1 heterocycles. The molecule has 0 aromatic carbocycles. The summed E-state index contributed by atoms with van der Waals surface area (Å²) in [4.78, 5) is 11.6. The van der Waals surface area contributed by atoms with Crippen LogP contribution in [0.25, 0.3) is 0 Å². The molecular formula is C16H28O3. The minimum atomic E-state index is -0.406. The smallest absolute Gasteiger partial charge is 0.306 e. The van der Waals surface area contributed by atoms with E-state index in [1.54, 1.807) is 0 Å². The van der Waals surface area contributed by atoms with Crippen LogP contribution in [0.1, 0.15) is 71.1 Å².